The lowest BCUT2D eigenvalue weighted by Gasteiger charge is -2.36. The van der Waals surface area contributed by atoms with E-state index in [1.54, 1.807) is 7.11 Å². The number of halogens is 1. The molecule has 0 radical (unpaired) electrons. The van der Waals surface area contributed by atoms with E-state index in [0.717, 1.165) is 42.7 Å². The molecule has 1 saturated heterocycles. The first-order chi connectivity index (χ1) is 9.63. The van der Waals surface area contributed by atoms with Crippen molar-refractivity contribution in [2.45, 2.75) is 32.3 Å². The largest absolute Gasteiger partial charge is 0.496 e. The fourth-order valence-electron chi connectivity index (χ4n) is 3.00. The van der Waals surface area contributed by atoms with E-state index < -0.39 is 0 Å². The van der Waals surface area contributed by atoms with E-state index in [9.17, 15) is 5.11 Å². The van der Waals surface area contributed by atoms with Gasteiger partial charge in [0.2, 0.25) is 0 Å². The predicted octanol–water partition coefficient (Wildman–Crippen LogP) is 3.09. The highest BCUT2D eigenvalue weighted by atomic mass is 79.9. The summed E-state index contributed by atoms with van der Waals surface area (Å²) in [6.07, 6.45) is 2.71. The first kappa shape index (κ1) is 15.8. The second-order valence-corrected chi connectivity index (χ2v) is 6.49. The first-order valence-electron chi connectivity index (χ1n) is 7.37. The van der Waals surface area contributed by atoms with Crippen molar-refractivity contribution in [2.24, 2.45) is 5.92 Å². The van der Waals surface area contributed by atoms with E-state index >= 15 is 0 Å². The highest BCUT2D eigenvalue weighted by molar-refractivity contribution is 9.10. The van der Waals surface area contributed by atoms with Crippen molar-refractivity contribution in [3.63, 3.8) is 0 Å². The van der Waals surface area contributed by atoms with Crippen molar-refractivity contribution in [3.05, 3.63) is 28.2 Å². The van der Waals surface area contributed by atoms with Gasteiger partial charge >= 0.3 is 0 Å². The summed E-state index contributed by atoms with van der Waals surface area (Å²) in [6.45, 7) is 5.32. The highest BCUT2D eigenvalue weighted by Crippen LogP contribution is 2.29. The topological polar surface area (TPSA) is 32.7 Å². The van der Waals surface area contributed by atoms with Crippen LogP contribution in [0.3, 0.4) is 0 Å². The molecule has 3 nitrogen and oxygen atoms in total. The molecule has 1 aromatic rings. The second kappa shape index (κ2) is 7.43. The van der Waals surface area contributed by atoms with Gasteiger partial charge in [0.05, 0.1) is 13.2 Å². The Balaban J connectivity index is 2.09. The summed E-state index contributed by atoms with van der Waals surface area (Å²) in [5, 5.41) is 10.3. The van der Waals surface area contributed by atoms with Crippen LogP contribution in [-0.2, 0) is 6.42 Å². The van der Waals surface area contributed by atoms with E-state index in [0.29, 0.717) is 5.92 Å². The molecule has 1 aliphatic heterocycles. The van der Waals surface area contributed by atoms with Crippen LogP contribution in [0.25, 0.3) is 0 Å². The van der Waals surface area contributed by atoms with Crippen LogP contribution in [0, 0.1) is 5.92 Å². The molecule has 2 atom stereocenters. The van der Waals surface area contributed by atoms with Gasteiger partial charge < -0.3 is 14.7 Å². The third-order valence-corrected chi connectivity index (χ3v) is 4.54. The summed E-state index contributed by atoms with van der Waals surface area (Å²) >= 11 is 3.51. The standard InChI is InChI=1S/C16H24BrNO2/c1-3-7-18-8-6-15(19)13(11-18)9-12-10-14(17)4-5-16(12)20-2/h4-5,10,13,15,19H,3,6-9,11H2,1-2H3. The fourth-order valence-corrected chi connectivity index (χ4v) is 3.41. The Hall–Kier alpha value is -0.580. The summed E-state index contributed by atoms with van der Waals surface area (Å²) in [6, 6.07) is 6.08. The van der Waals surface area contributed by atoms with E-state index in [1.165, 1.54) is 12.0 Å². The van der Waals surface area contributed by atoms with Gasteiger partial charge in [0, 0.05) is 23.5 Å². The van der Waals surface area contributed by atoms with Crippen LogP contribution < -0.4 is 4.74 Å². The number of rotatable bonds is 5. The maximum Gasteiger partial charge on any atom is 0.122 e. The van der Waals surface area contributed by atoms with Gasteiger partial charge in [-0.25, -0.2) is 0 Å². The minimum atomic E-state index is -0.202. The van der Waals surface area contributed by atoms with Gasteiger partial charge in [0.1, 0.15) is 5.75 Å². The average molecular weight is 342 g/mol. The van der Waals surface area contributed by atoms with Gasteiger partial charge in [-0.15, -0.1) is 0 Å². The number of methoxy groups -OCH3 is 1. The van der Waals surface area contributed by atoms with Crippen molar-refractivity contribution in [1.82, 2.24) is 4.90 Å². The SMILES string of the molecule is CCCN1CCC(O)C(Cc2cc(Br)ccc2OC)C1. The quantitative estimate of drug-likeness (QED) is 0.893. The molecule has 1 heterocycles. The number of nitrogens with zero attached hydrogens (tertiary/aromatic N) is 1. The van der Waals surface area contributed by atoms with Crippen LogP contribution in [0.2, 0.25) is 0 Å². The molecular formula is C16H24BrNO2. The Morgan fingerprint density at radius 2 is 2.25 bits per heavy atom. The molecule has 1 fully saturated rings. The molecule has 1 aliphatic rings. The number of benzene rings is 1. The highest BCUT2D eigenvalue weighted by Gasteiger charge is 2.28. The minimum absolute atomic E-state index is 0.202. The number of aliphatic hydroxyl groups is 1. The van der Waals surface area contributed by atoms with Crippen LogP contribution >= 0.6 is 15.9 Å². The molecule has 1 aromatic carbocycles. The lowest BCUT2D eigenvalue weighted by molar-refractivity contribution is 0.0268. The van der Waals surface area contributed by atoms with Gasteiger partial charge in [-0.05, 0) is 49.6 Å². The molecular weight excluding hydrogens is 318 g/mol. The van der Waals surface area contributed by atoms with Crippen LogP contribution in [0.4, 0.5) is 0 Å². The smallest absolute Gasteiger partial charge is 0.122 e. The molecule has 4 heteroatoms. The monoisotopic (exact) mass is 341 g/mol. The van der Waals surface area contributed by atoms with Crippen molar-refractivity contribution in [3.8, 4) is 5.75 Å². The normalized spacial score (nSPS) is 23.8. The molecule has 0 aliphatic carbocycles. The lowest BCUT2D eigenvalue weighted by Crippen LogP contribution is -2.44. The molecule has 20 heavy (non-hydrogen) atoms. The molecule has 2 rings (SSSR count). The molecule has 1 N–H and O–H groups in total. The van der Waals surface area contributed by atoms with Crippen LogP contribution in [-0.4, -0.2) is 42.9 Å². The Morgan fingerprint density at radius 1 is 1.45 bits per heavy atom. The Kier molecular flexibility index (Phi) is 5.87. The molecule has 112 valence electrons. The molecule has 0 bridgehead atoms. The molecule has 0 amide bonds. The van der Waals surface area contributed by atoms with Crippen molar-refractivity contribution in [1.29, 1.82) is 0 Å². The first-order valence-corrected chi connectivity index (χ1v) is 8.16. The number of ether oxygens (including phenoxy) is 1. The molecule has 2 unspecified atom stereocenters. The summed E-state index contributed by atoms with van der Waals surface area (Å²) in [4.78, 5) is 2.46. The maximum atomic E-state index is 10.3. The number of hydrogen-bond donors (Lipinski definition) is 1. The van der Waals surface area contributed by atoms with Gasteiger partial charge in [-0.2, -0.15) is 0 Å². The molecule has 0 aromatic heterocycles. The van der Waals surface area contributed by atoms with E-state index in [1.807, 2.05) is 12.1 Å². The van der Waals surface area contributed by atoms with E-state index in [-0.39, 0.29) is 6.10 Å². The Labute approximate surface area is 130 Å². The minimum Gasteiger partial charge on any atom is -0.496 e. The summed E-state index contributed by atoms with van der Waals surface area (Å²) in [5.74, 6) is 1.20. The lowest BCUT2D eigenvalue weighted by atomic mass is 9.88. The summed E-state index contributed by atoms with van der Waals surface area (Å²) in [5.41, 5.74) is 1.17. The third-order valence-electron chi connectivity index (χ3n) is 4.04. The van der Waals surface area contributed by atoms with Crippen LogP contribution in [0.5, 0.6) is 5.75 Å². The zero-order valence-electron chi connectivity index (χ0n) is 12.3. The third kappa shape index (κ3) is 3.96. The van der Waals surface area contributed by atoms with E-state index in [2.05, 4.69) is 33.8 Å². The van der Waals surface area contributed by atoms with Crippen molar-refractivity contribution >= 4 is 15.9 Å². The van der Waals surface area contributed by atoms with Gasteiger partial charge in [0.15, 0.2) is 0 Å². The van der Waals surface area contributed by atoms with Crippen LogP contribution in [0.15, 0.2) is 22.7 Å². The summed E-state index contributed by atoms with van der Waals surface area (Å²) < 4.78 is 6.49. The van der Waals surface area contributed by atoms with Gasteiger partial charge in [0.25, 0.3) is 0 Å². The fraction of sp³-hybridized carbons (Fsp3) is 0.625. The maximum absolute atomic E-state index is 10.3. The van der Waals surface area contributed by atoms with Crippen molar-refractivity contribution < 1.29 is 9.84 Å². The van der Waals surface area contributed by atoms with Gasteiger partial charge in [-0.3, -0.25) is 0 Å². The summed E-state index contributed by atoms with van der Waals surface area (Å²) in [7, 11) is 1.70. The van der Waals surface area contributed by atoms with Crippen molar-refractivity contribution in [2.75, 3.05) is 26.7 Å². The zero-order chi connectivity index (χ0) is 14.5. The number of piperidine rings is 1. The molecule has 0 spiro atoms. The zero-order valence-corrected chi connectivity index (χ0v) is 13.9. The second-order valence-electron chi connectivity index (χ2n) is 5.58. The predicted molar refractivity (Wildman–Crippen MR) is 85.2 cm³/mol. The molecule has 0 saturated carbocycles. The number of likely N-dealkylation sites (tertiary alicyclic amines) is 1. The van der Waals surface area contributed by atoms with Crippen LogP contribution in [0.1, 0.15) is 25.3 Å². The number of aliphatic hydroxyl groups excluding tert-OH is 1. The van der Waals surface area contributed by atoms with E-state index in [4.69, 9.17) is 4.74 Å². The van der Waals surface area contributed by atoms with Gasteiger partial charge in [-0.1, -0.05) is 22.9 Å². The Bertz CT molecular complexity index is 438. The average Bonchev–Trinajstić information content (AvgIpc) is 2.43. The number of hydrogen-bond acceptors (Lipinski definition) is 3. The Morgan fingerprint density at radius 3 is 2.95 bits per heavy atom.